The number of carbonyl (C=O) groups is 2. The van der Waals surface area contributed by atoms with E-state index in [9.17, 15) is 9.59 Å². The molecule has 5 nitrogen and oxygen atoms in total. The minimum Gasteiger partial charge on any atom is -0.481 e. The summed E-state index contributed by atoms with van der Waals surface area (Å²) in [5.74, 6) is 1.37. The van der Waals surface area contributed by atoms with Gasteiger partial charge >= 0.3 is 0 Å². The van der Waals surface area contributed by atoms with Gasteiger partial charge in [-0.1, -0.05) is 39.3 Å². The van der Waals surface area contributed by atoms with E-state index in [1.54, 1.807) is 11.8 Å². The Labute approximate surface area is 157 Å². The SMILES string of the molecule is CCCCC(=O)N1CCN(C(=O)C(C)Oc2ccc(C(C)C)cc2)CC1. The minimum absolute atomic E-state index is 0.0152. The van der Waals surface area contributed by atoms with Crippen molar-refractivity contribution < 1.29 is 14.3 Å². The van der Waals surface area contributed by atoms with Crippen LogP contribution in [0.1, 0.15) is 58.4 Å². The van der Waals surface area contributed by atoms with Crippen molar-refractivity contribution in [3.8, 4) is 5.75 Å². The first-order valence-electron chi connectivity index (χ1n) is 9.75. The molecule has 1 unspecified atom stereocenters. The fourth-order valence-corrected chi connectivity index (χ4v) is 3.11. The number of nitrogens with zero attached hydrogens (tertiary/aromatic N) is 2. The molecular weight excluding hydrogens is 328 g/mol. The molecule has 1 heterocycles. The van der Waals surface area contributed by atoms with Crippen LogP contribution in [0.3, 0.4) is 0 Å². The number of piperazine rings is 1. The van der Waals surface area contributed by atoms with Crippen molar-refractivity contribution in [2.45, 2.75) is 59.0 Å². The minimum atomic E-state index is -0.526. The number of amides is 2. The maximum atomic E-state index is 12.6. The van der Waals surface area contributed by atoms with Crippen LogP contribution in [0, 0.1) is 0 Å². The van der Waals surface area contributed by atoms with Crippen LogP contribution in [-0.4, -0.2) is 53.9 Å². The third kappa shape index (κ3) is 5.48. The van der Waals surface area contributed by atoms with E-state index in [1.807, 2.05) is 29.2 Å². The molecule has 1 atom stereocenters. The second-order valence-corrected chi connectivity index (χ2v) is 7.29. The quantitative estimate of drug-likeness (QED) is 0.748. The number of carbonyl (C=O) groups excluding carboxylic acids is 2. The van der Waals surface area contributed by atoms with Crippen LogP contribution in [-0.2, 0) is 9.59 Å². The summed E-state index contributed by atoms with van der Waals surface area (Å²) in [7, 11) is 0. The second-order valence-electron chi connectivity index (χ2n) is 7.29. The van der Waals surface area contributed by atoms with Gasteiger partial charge in [-0.2, -0.15) is 0 Å². The number of benzene rings is 1. The Kier molecular flexibility index (Phi) is 7.49. The molecule has 0 bridgehead atoms. The van der Waals surface area contributed by atoms with Gasteiger partial charge in [-0.25, -0.2) is 0 Å². The first-order valence-corrected chi connectivity index (χ1v) is 9.75. The predicted octanol–water partition coefficient (Wildman–Crippen LogP) is 3.44. The Morgan fingerprint density at radius 3 is 2.12 bits per heavy atom. The van der Waals surface area contributed by atoms with Crippen LogP contribution >= 0.6 is 0 Å². The van der Waals surface area contributed by atoms with Gasteiger partial charge in [-0.15, -0.1) is 0 Å². The smallest absolute Gasteiger partial charge is 0.263 e. The summed E-state index contributed by atoms with van der Waals surface area (Å²) >= 11 is 0. The highest BCUT2D eigenvalue weighted by molar-refractivity contribution is 5.81. The number of unbranched alkanes of at least 4 members (excludes halogenated alkanes) is 1. The molecule has 1 aromatic carbocycles. The van der Waals surface area contributed by atoms with Crippen LogP contribution in [0.2, 0.25) is 0 Å². The summed E-state index contributed by atoms with van der Waals surface area (Å²) < 4.78 is 5.82. The molecule has 1 saturated heterocycles. The highest BCUT2D eigenvalue weighted by Gasteiger charge is 2.27. The Hall–Kier alpha value is -2.04. The van der Waals surface area contributed by atoms with Gasteiger partial charge in [0, 0.05) is 32.6 Å². The molecule has 1 fully saturated rings. The predicted molar refractivity (Wildman–Crippen MR) is 103 cm³/mol. The first kappa shape index (κ1) is 20.3. The van der Waals surface area contributed by atoms with Gasteiger partial charge < -0.3 is 14.5 Å². The highest BCUT2D eigenvalue weighted by atomic mass is 16.5. The van der Waals surface area contributed by atoms with Crippen molar-refractivity contribution in [1.29, 1.82) is 0 Å². The molecule has 26 heavy (non-hydrogen) atoms. The molecular formula is C21H32N2O3. The Morgan fingerprint density at radius 2 is 1.58 bits per heavy atom. The monoisotopic (exact) mass is 360 g/mol. The molecule has 0 saturated carbocycles. The molecule has 2 rings (SSSR count). The highest BCUT2D eigenvalue weighted by Crippen LogP contribution is 2.20. The zero-order valence-corrected chi connectivity index (χ0v) is 16.5. The molecule has 2 amide bonds. The van der Waals surface area contributed by atoms with Gasteiger partial charge in [0.25, 0.3) is 5.91 Å². The van der Waals surface area contributed by atoms with Crippen molar-refractivity contribution in [2.24, 2.45) is 0 Å². The van der Waals surface area contributed by atoms with E-state index in [-0.39, 0.29) is 11.8 Å². The lowest BCUT2D eigenvalue weighted by atomic mass is 10.0. The fraction of sp³-hybridized carbons (Fsp3) is 0.619. The van der Waals surface area contributed by atoms with Gasteiger partial charge in [0.1, 0.15) is 5.75 Å². The molecule has 1 aliphatic heterocycles. The Morgan fingerprint density at radius 1 is 1.00 bits per heavy atom. The summed E-state index contributed by atoms with van der Waals surface area (Å²) in [6.45, 7) is 10.6. The van der Waals surface area contributed by atoms with Crippen molar-refractivity contribution in [3.05, 3.63) is 29.8 Å². The molecule has 1 aromatic rings. The summed E-state index contributed by atoms with van der Waals surface area (Å²) in [5.41, 5.74) is 1.25. The maximum Gasteiger partial charge on any atom is 0.263 e. The van der Waals surface area contributed by atoms with Gasteiger partial charge in [0.15, 0.2) is 6.10 Å². The third-order valence-electron chi connectivity index (χ3n) is 4.90. The largest absolute Gasteiger partial charge is 0.481 e. The summed E-state index contributed by atoms with van der Waals surface area (Å²) in [4.78, 5) is 28.4. The van der Waals surface area contributed by atoms with E-state index in [0.29, 0.717) is 44.3 Å². The van der Waals surface area contributed by atoms with Gasteiger partial charge in [0.2, 0.25) is 5.91 Å². The summed E-state index contributed by atoms with van der Waals surface area (Å²) in [5, 5.41) is 0. The second kappa shape index (κ2) is 9.60. The van der Waals surface area contributed by atoms with Gasteiger partial charge in [0.05, 0.1) is 0 Å². The normalized spacial score (nSPS) is 15.9. The van der Waals surface area contributed by atoms with E-state index in [0.717, 1.165) is 12.8 Å². The number of hydrogen-bond acceptors (Lipinski definition) is 3. The zero-order valence-electron chi connectivity index (χ0n) is 16.5. The molecule has 0 aromatic heterocycles. The molecule has 0 N–H and O–H groups in total. The van der Waals surface area contributed by atoms with E-state index < -0.39 is 6.10 Å². The van der Waals surface area contributed by atoms with Crippen LogP contribution < -0.4 is 4.74 Å². The first-order chi connectivity index (χ1) is 12.4. The molecule has 0 aliphatic carbocycles. The number of ether oxygens (including phenoxy) is 1. The lowest BCUT2D eigenvalue weighted by Gasteiger charge is -2.36. The molecule has 0 radical (unpaired) electrons. The topological polar surface area (TPSA) is 49.9 Å². The fourth-order valence-electron chi connectivity index (χ4n) is 3.11. The molecule has 144 valence electrons. The van der Waals surface area contributed by atoms with E-state index >= 15 is 0 Å². The summed E-state index contributed by atoms with van der Waals surface area (Å²) in [6, 6.07) is 7.92. The van der Waals surface area contributed by atoms with Crippen molar-refractivity contribution >= 4 is 11.8 Å². The average molecular weight is 360 g/mol. The van der Waals surface area contributed by atoms with Crippen LogP contribution in [0.4, 0.5) is 0 Å². The standard InChI is InChI=1S/C21H32N2O3/c1-5-6-7-20(24)22-12-14-23(15-13-22)21(25)17(4)26-19-10-8-18(9-11-19)16(2)3/h8-11,16-17H,5-7,12-15H2,1-4H3. The summed E-state index contributed by atoms with van der Waals surface area (Å²) in [6.07, 6.45) is 2.04. The number of hydrogen-bond donors (Lipinski definition) is 0. The van der Waals surface area contributed by atoms with Gasteiger partial charge in [-0.05, 0) is 37.0 Å². The molecule has 5 heteroatoms. The van der Waals surface area contributed by atoms with Crippen molar-refractivity contribution in [1.82, 2.24) is 9.80 Å². The Balaban J connectivity index is 1.82. The lowest BCUT2D eigenvalue weighted by molar-refractivity contribution is -0.143. The van der Waals surface area contributed by atoms with E-state index in [2.05, 4.69) is 20.8 Å². The maximum absolute atomic E-state index is 12.6. The average Bonchev–Trinajstić information content (AvgIpc) is 2.66. The molecule has 1 aliphatic rings. The van der Waals surface area contributed by atoms with Crippen molar-refractivity contribution in [3.63, 3.8) is 0 Å². The third-order valence-corrected chi connectivity index (χ3v) is 4.90. The van der Waals surface area contributed by atoms with Crippen LogP contribution in [0.5, 0.6) is 5.75 Å². The lowest BCUT2D eigenvalue weighted by Crippen LogP contribution is -2.53. The van der Waals surface area contributed by atoms with Gasteiger partial charge in [-0.3, -0.25) is 9.59 Å². The van der Waals surface area contributed by atoms with Crippen LogP contribution in [0.25, 0.3) is 0 Å². The van der Waals surface area contributed by atoms with Crippen LogP contribution in [0.15, 0.2) is 24.3 Å². The van der Waals surface area contributed by atoms with E-state index in [4.69, 9.17) is 4.74 Å². The number of rotatable bonds is 7. The Bertz CT molecular complexity index is 590. The van der Waals surface area contributed by atoms with Crippen molar-refractivity contribution in [2.75, 3.05) is 26.2 Å². The zero-order chi connectivity index (χ0) is 19.1. The van der Waals surface area contributed by atoms with E-state index in [1.165, 1.54) is 5.56 Å². The molecule has 0 spiro atoms.